The van der Waals surface area contributed by atoms with E-state index in [4.69, 9.17) is 4.74 Å². The summed E-state index contributed by atoms with van der Waals surface area (Å²) in [6.07, 6.45) is 0.522. The smallest absolute Gasteiger partial charge is 0.169 e. The standard InChI is InChI=1S/C10H11BrO2/c1-2-9(12)7-13-10-5-3-4-8(11)6-10/h3-6H,2,7H2,1H3. The predicted molar refractivity (Wildman–Crippen MR) is 54.9 cm³/mol. The molecular weight excluding hydrogens is 232 g/mol. The first-order chi connectivity index (χ1) is 6.22. The number of carbonyl (C=O) groups is 1. The fraction of sp³-hybridized carbons (Fsp3) is 0.300. The number of hydrogen-bond donors (Lipinski definition) is 0. The van der Waals surface area contributed by atoms with Gasteiger partial charge in [0.2, 0.25) is 0 Å². The number of rotatable bonds is 4. The summed E-state index contributed by atoms with van der Waals surface area (Å²) >= 11 is 3.32. The molecule has 0 aliphatic carbocycles. The third kappa shape index (κ3) is 3.59. The number of carbonyl (C=O) groups excluding carboxylic acids is 1. The molecule has 0 heterocycles. The van der Waals surface area contributed by atoms with E-state index in [1.165, 1.54) is 0 Å². The van der Waals surface area contributed by atoms with Gasteiger partial charge in [-0.15, -0.1) is 0 Å². The van der Waals surface area contributed by atoms with Crippen molar-refractivity contribution < 1.29 is 9.53 Å². The molecule has 0 atom stereocenters. The van der Waals surface area contributed by atoms with E-state index in [-0.39, 0.29) is 12.4 Å². The van der Waals surface area contributed by atoms with Crippen molar-refractivity contribution in [3.05, 3.63) is 28.7 Å². The zero-order valence-corrected chi connectivity index (χ0v) is 9.00. The molecule has 0 saturated heterocycles. The maximum Gasteiger partial charge on any atom is 0.169 e. The fourth-order valence-electron chi connectivity index (χ4n) is 0.823. The second-order valence-corrected chi connectivity index (χ2v) is 3.55. The van der Waals surface area contributed by atoms with E-state index in [1.54, 1.807) is 0 Å². The molecule has 70 valence electrons. The lowest BCUT2D eigenvalue weighted by Crippen LogP contribution is -2.09. The highest BCUT2D eigenvalue weighted by molar-refractivity contribution is 9.10. The van der Waals surface area contributed by atoms with E-state index >= 15 is 0 Å². The zero-order chi connectivity index (χ0) is 9.68. The highest BCUT2D eigenvalue weighted by Gasteiger charge is 1.99. The van der Waals surface area contributed by atoms with Crippen LogP contribution in [0.5, 0.6) is 5.75 Å². The monoisotopic (exact) mass is 242 g/mol. The van der Waals surface area contributed by atoms with Crippen molar-refractivity contribution in [2.24, 2.45) is 0 Å². The number of halogens is 1. The molecule has 0 saturated carbocycles. The summed E-state index contributed by atoms with van der Waals surface area (Å²) < 4.78 is 6.21. The highest BCUT2D eigenvalue weighted by atomic mass is 79.9. The molecule has 1 aromatic rings. The van der Waals surface area contributed by atoms with Gasteiger partial charge in [0.1, 0.15) is 12.4 Å². The SMILES string of the molecule is CCC(=O)COc1cccc(Br)c1. The minimum absolute atomic E-state index is 0.111. The normalized spacial score (nSPS) is 9.69. The van der Waals surface area contributed by atoms with Gasteiger partial charge in [0.25, 0.3) is 0 Å². The molecule has 0 unspecified atom stereocenters. The van der Waals surface area contributed by atoms with E-state index in [1.807, 2.05) is 31.2 Å². The molecule has 13 heavy (non-hydrogen) atoms. The zero-order valence-electron chi connectivity index (χ0n) is 7.42. The van der Waals surface area contributed by atoms with Crippen molar-refractivity contribution >= 4 is 21.7 Å². The van der Waals surface area contributed by atoms with Crippen LogP contribution in [0.1, 0.15) is 13.3 Å². The van der Waals surface area contributed by atoms with Gasteiger partial charge in [-0.05, 0) is 18.2 Å². The summed E-state index contributed by atoms with van der Waals surface area (Å²) in [4.78, 5) is 10.9. The Morgan fingerprint density at radius 2 is 2.31 bits per heavy atom. The molecule has 0 aromatic heterocycles. The molecule has 0 amide bonds. The maximum atomic E-state index is 10.9. The summed E-state index contributed by atoms with van der Waals surface area (Å²) in [7, 11) is 0. The van der Waals surface area contributed by atoms with Gasteiger partial charge in [0.05, 0.1) is 0 Å². The Balaban J connectivity index is 2.50. The third-order valence-electron chi connectivity index (χ3n) is 1.59. The number of Topliss-reactive ketones (excluding diaryl/α,β-unsaturated/α-hetero) is 1. The van der Waals surface area contributed by atoms with Gasteiger partial charge in [-0.25, -0.2) is 0 Å². The first kappa shape index (κ1) is 10.3. The van der Waals surface area contributed by atoms with E-state index in [9.17, 15) is 4.79 Å². The van der Waals surface area contributed by atoms with Crippen LogP contribution in [0, 0.1) is 0 Å². The van der Waals surface area contributed by atoms with Gasteiger partial charge in [0, 0.05) is 10.9 Å². The van der Waals surface area contributed by atoms with Gasteiger partial charge < -0.3 is 4.74 Å². The molecule has 0 spiro atoms. The summed E-state index contributed by atoms with van der Waals surface area (Å²) in [6, 6.07) is 7.45. The van der Waals surface area contributed by atoms with Crippen LogP contribution in [-0.4, -0.2) is 12.4 Å². The molecule has 1 rings (SSSR count). The van der Waals surface area contributed by atoms with Crippen LogP contribution < -0.4 is 4.74 Å². The lowest BCUT2D eigenvalue weighted by atomic mass is 10.3. The van der Waals surface area contributed by atoms with Crippen LogP contribution in [0.2, 0.25) is 0 Å². The number of ketones is 1. The van der Waals surface area contributed by atoms with Gasteiger partial charge >= 0.3 is 0 Å². The lowest BCUT2D eigenvalue weighted by Gasteiger charge is -2.03. The van der Waals surface area contributed by atoms with Crippen LogP contribution >= 0.6 is 15.9 Å². The summed E-state index contributed by atoms with van der Waals surface area (Å²) in [5, 5.41) is 0. The molecular formula is C10H11BrO2. The lowest BCUT2D eigenvalue weighted by molar-refractivity contribution is -0.120. The van der Waals surface area contributed by atoms with E-state index in [0.717, 1.165) is 10.2 Å². The molecule has 0 bridgehead atoms. The van der Waals surface area contributed by atoms with Gasteiger partial charge in [-0.2, -0.15) is 0 Å². The van der Waals surface area contributed by atoms with E-state index in [0.29, 0.717) is 6.42 Å². The quantitative estimate of drug-likeness (QED) is 0.812. The Hall–Kier alpha value is -0.830. The number of ether oxygens (including phenoxy) is 1. The van der Waals surface area contributed by atoms with Crippen molar-refractivity contribution in [1.82, 2.24) is 0 Å². The molecule has 2 nitrogen and oxygen atoms in total. The average Bonchev–Trinajstić information content (AvgIpc) is 2.14. The molecule has 1 aromatic carbocycles. The Kier molecular flexibility index (Phi) is 3.96. The number of benzene rings is 1. The Morgan fingerprint density at radius 3 is 2.92 bits per heavy atom. The Bertz CT molecular complexity index is 297. The molecule has 0 aliphatic rings. The summed E-state index contributed by atoms with van der Waals surface area (Å²) in [5.41, 5.74) is 0. The van der Waals surface area contributed by atoms with Crippen molar-refractivity contribution in [3.63, 3.8) is 0 Å². The minimum atomic E-state index is 0.111. The predicted octanol–water partition coefficient (Wildman–Crippen LogP) is 2.81. The van der Waals surface area contributed by atoms with Crippen LogP contribution in [0.4, 0.5) is 0 Å². The summed E-state index contributed by atoms with van der Waals surface area (Å²) in [6.45, 7) is 1.99. The average molecular weight is 243 g/mol. The van der Waals surface area contributed by atoms with Crippen LogP contribution in [0.15, 0.2) is 28.7 Å². The molecule has 3 heteroatoms. The topological polar surface area (TPSA) is 26.3 Å². The van der Waals surface area contributed by atoms with Gasteiger partial charge in [-0.3, -0.25) is 4.79 Å². The fourth-order valence-corrected chi connectivity index (χ4v) is 1.20. The van der Waals surface area contributed by atoms with Crippen molar-refractivity contribution in [2.45, 2.75) is 13.3 Å². The van der Waals surface area contributed by atoms with Crippen LogP contribution in [0.3, 0.4) is 0 Å². The first-order valence-corrected chi connectivity index (χ1v) is 4.91. The van der Waals surface area contributed by atoms with Crippen molar-refractivity contribution in [3.8, 4) is 5.75 Å². The molecule has 0 fully saturated rings. The minimum Gasteiger partial charge on any atom is -0.486 e. The Labute approximate surface area is 86.0 Å². The second-order valence-electron chi connectivity index (χ2n) is 2.64. The molecule has 0 aliphatic heterocycles. The van der Waals surface area contributed by atoms with Crippen LogP contribution in [0.25, 0.3) is 0 Å². The molecule has 0 N–H and O–H groups in total. The Morgan fingerprint density at radius 1 is 1.54 bits per heavy atom. The van der Waals surface area contributed by atoms with E-state index < -0.39 is 0 Å². The second kappa shape index (κ2) is 5.02. The first-order valence-electron chi connectivity index (χ1n) is 4.12. The molecule has 0 radical (unpaired) electrons. The van der Waals surface area contributed by atoms with Gasteiger partial charge in [0.15, 0.2) is 5.78 Å². The van der Waals surface area contributed by atoms with Crippen molar-refractivity contribution in [1.29, 1.82) is 0 Å². The maximum absolute atomic E-state index is 10.9. The third-order valence-corrected chi connectivity index (χ3v) is 2.08. The summed E-state index contributed by atoms with van der Waals surface area (Å²) in [5.74, 6) is 0.830. The van der Waals surface area contributed by atoms with Crippen LogP contribution in [-0.2, 0) is 4.79 Å². The largest absolute Gasteiger partial charge is 0.486 e. The highest BCUT2D eigenvalue weighted by Crippen LogP contribution is 2.17. The van der Waals surface area contributed by atoms with Crippen molar-refractivity contribution in [2.75, 3.05) is 6.61 Å². The van der Waals surface area contributed by atoms with E-state index in [2.05, 4.69) is 15.9 Å². The van der Waals surface area contributed by atoms with Gasteiger partial charge in [-0.1, -0.05) is 28.9 Å². The number of hydrogen-bond acceptors (Lipinski definition) is 2.